The Morgan fingerprint density at radius 2 is 1.80 bits per heavy atom. The summed E-state index contributed by atoms with van der Waals surface area (Å²) in [6.07, 6.45) is 0.518. The van der Waals surface area contributed by atoms with Crippen LogP contribution in [0.25, 0.3) is 0 Å². The topological polar surface area (TPSA) is 131 Å². The van der Waals surface area contributed by atoms with Crippen LogP contribution in [0.3, 0.4) is 0 Å². The highest BCUT2D eigenvalue weighted by atomic mass is 35.5. The largest absolute Gasteiger partial charge is 0.444 e. The molecule has 0 saturated carbocycles. The first-order valence-corrected chi connectivity index (χ1v) is 15.2. The molecule has 41 heavy (non-hydrogen) atoms. The number of amides is 3. The predicted octanol–water partition coefficient (Wildman–Crippen LogP) is 3.85. The van der Waals surface area contributed by atoms with E-state index in [1.54, 1.807) is 45.0 Å². The molecule has 2 aliphatic rings. The standard InChI is InChI=1S/C28H33ClFN3O7S/c1-28(2,3)40-27(36)32-22-16-41(37,38)24-13-21(30)20(25(34)31-14-17-8-10-39-11-9-17)12-23(24)33(26(22)35)15-18-4-6-19(29)7-5-18/h4-7,12-13,17,22H,8-11,14-16H2,1-3H3,(H,31,34)(H,32,36)/t22-/m0/s1. The minimum absolute atomic E-state index is 0.139. The molecule has 2 aromatic rings. The number of sulfone groups is 1. The van der Waals surface area contributed by atoms with Crippen molar-refractivity contribution >= 4 is 45.0 Å². The number of halogens is 2. The van der Waals surface area contributed by atoms with Crippen molar-refractivity contribution in [3.63, 3.8) is 0 Å². The van der Waals surface area contributed by atoms with Crippen LogP contribution in [0.1, 0.15) is 49.5 Å². The van der Waals surface area contributed by atoms with Gasteiger partial charge in [0.1, 0.15) is 17.5 Å². The van der Waals surface area contributed by atoms with Crippen LogP contribution in [-0.2, 0) is 30.7 Å². The number of hydrogen-bond acceptors (Lipinski definition) is 7. The zero-order chi connectivity index (χ0) is 29.9. The normalized spacial score (nSPS) is 19.2. The van der Waals surface area contributed by atoms with Crippen molar-refractivity contribution in [2.75, 3.05) is 30.4 Å². The molecular weight excluding hydrogens is 577 g/mol. The molecule has 10 nitrogen and oxygen atoms in total. The van der Waals surface area contributed by atoms with Crippen molar-refractivity contribution in [1.29, 1.82) is 0 Å². The number of carbonyl (C=O) groups is 3. The van der Waals surface area contributed by atoms with Crippen molar-refractivity contribution < 1.29 is 36.7 Å². The van der Waals surface area contributed by atoms with Crippen LogP contribution in [0.15, 0.2) is 41.3 Å². The molecule has 0 radical (unpaired) electrons. The molecule has 0 unspecified atom stereocenters. The molecule has 2 N–H and O–H groups in total. The number of fused-ring (bicyclic) bond motifs is 1. The van der Waals surface area contributed by atoms with Crippen molar-refractivity contribution in [3.05, 3.63) is 58.4 Å². The lowest BCUT2D eigenvalue weighted by atomic mass is 10.0. The van der Waals surface area contributed by atoms with Gasteiger partial charge in [-0.05, 0) is 69.4 Å². The maximum atomic E-state index is 15.3. The monoisotopic (exact) mass is 609 g/mol. The number of alkyl carbamates (subject to hydrolysis) is 1. The van der Waals surface area contributed by atoms with Gasteiger partial charge in [-0.1, -0.05) is 23.7 Å². The minimum atomic E-state index is -4.32. The Labute approximate surface area is 243 Å². The van der Waals surface area contributed by atoms with Gasteiger partial charge >= 0.3 is 6.09 Å². The van der Waals surface area contributed by atoms with E-state index in [9.17, 15) is 22.8 Å². The number of ether oxygens (including phenoxy) is 2. The maximum Gasteiger partial charge on any atom is 0.408 e. The second kappa shape index (κ2) is 12.3. The highest BCUT2D eigenvalue weighted by molar-refractivity contribution is 7.91. The van der Waals surface area contributed by atoms with Crippen molar-refractivity contribution in [3.8, 4) is 0 Å². The summed E-state index contributed by atoms with van der Waals surface area (Å²) in [4.78, 5) is 40.1. The maximum absolute atomic E-state index is 15.3. The minimum Gasteiger partial charge on any atom is -0.444 e. The van der Waals surface area contributed by atoms with Crippen LogP contribution in [0.2, 0.25) is 5.02 Å². The van der Waals surface area contributed by atoms with Crippen LogP contribution in [0.5, 0.6) is 0 Å². The first kappa shape index (κ1) is 30.7. The second-order valence-electron chi connectivity index (χ2n) is 11.1. The van der Waals surface area contributed by atoms with E-state index in [4.69, 9.17) is 21.1 Å². The van der Waals surface area contributed by atoms with Crippen LogP contribution >= 0.6 is 11.6 Å². The third-order valence-electron chi connectivity index (χ3n) is 6.71. The molecule has 13 heteroatoms. The lowest BCUT2D eigenvalue weighted by Gasteiger charge is -2.27. The number of benzene rings is 2. The Morgan fingerprint density at radius 1 is 1.15 bits per heavy atom. The van der Waals surface area contributed by atoms with E-state index in [2.05, 4.69) is 10.6 Å². The Morgan fingerprint density at radius 3 is 2.44 bits per heavy atom. The van der Waals surface area contributed by atoms with E-state index in [0.29, 0.717) is 30.3 Å². The molecule has 0 bridgehead atoms. The summed E-state index contributed by atoms with van der Waals surface area (Å²) in [6.45, 7) is 6.18. The molecule has 0 aliphatic carbocycles. The number of nitrogens with one attached hydrogen (secondary N) is 2. The highest BCUT2D eigenvalue weighted by Gasteiger charge is 2.40. The third-order valence-corrected chi connectivity index (χ3v) is 8.73. The summed E-state index contributed by atoms with van der Waals surface area (Å²) >= 11 is 6.01. The Balaban J connectivity index is 1.72. The van der Waals surface area contributed by atoms with Gasteiger partial charge in [0.2, 0.25) is 0 Å². The summed E-state index contributed by atoms with van der Waals surface area (Å²) in [5.74, 6) is -3.22. The molecule has 2 aromatic carbocycles. The van der Waals surface area contributed by atoms with Gasteiger partial charge in [-0.2, -0.15) is 0 Å². The average molecular weight is 610 g/mol. The molecule has 222 valence electrons. The zero-order valence-electron chi connectivity index (χ0n) is 23.0. The van der Waals surface area contributed by atoms with Gasteiger partial charge in [-0.25, -0.2) is 17.6 Å². The predicted molar refractivity (Wildman–Crippen MR) is 150 cm³/mol. The number of rotatable bonds is 6. The molecule has 4 rings (SSSR count). The van der Waals surface area contributed by atoms with Crippen LogP contribution < -0.4 is 15.5 Å². The lowest BCUT2D eigenvalue weighted by Crippen LogP contribution is -2.51. The number of nitrogens with zero attached hydrogens (tertiary/aromatic N) is 1. The van der Waals surface area contributed by atoms with Gasteiger partial charge in [0.15, 0.2) is 9.84 Å². The van der Waals surface area contributed by atoms with Crippen molar-refractivity contribution in [1.82, 2.24) is 10.6 Å². The lowest BCUT2D eigenvalue weighted by molar-refractivity contribution is -0.120. The molecular formula is C28H33ClFN3O7S. The SMILES string of the molecule is CC(C)(C)OC(=O)N[C@H]1CS(=O)(=O)c2cc(F)c(C(=O)NCC3CCOCC3)cc2N(Cc2ccc(Cl)cc2)C1=O. The molecule has 1 atom stereocenters. The molecule has 2 aliphatic heterocycles. The van der Waals surface area contributed by atoms with Gasteiger partial charge in [-0.15, -0.1) is 0 Å². The van der Waals surface area contributed by atoms with E-state index in [1.807, 2.05) is 0 Å². The fourth-order valence-electron chi connectivity index (χ4n) is 4.64. The Hall–Kier alpha value is -3.22. The molecule has 0 spiro atoms. The molecule has 1 fully saturated rings. The molecule has 0 aromatic heterocycles. The van der Waals surface area contributed by atoms with Crippen LogP contribution in [0.4, 0.5) is 14.9 Å². The van der Waals surface area contributed by atoms with Gasteiger partial charge in [0.25, 0.3) is 11.8 Å². The fourth-order valence-corrected chi connectivity index (χ4v) is 6.38. The summed E-state index contributed by atoms with van der Waals surface area (Å²) in [7, 11) is -4.32. The number of hydrogen-bond donors (Lipinski definition) is 2. The first-order chi connectivity index (χ1) is 19.2. The first-order valence-electron chi connectivity index (χ1n) is 13.2. The van der Waals surface area contributed by atoms with Gasteiger partial charge in [0.05, 0.1) is 28.4 Å². The van der Waals surface area contributed by atoms with Crippen LogP contribution in [0, 0.1) is 11.7 Å². The molecule has 1 saturated heterocycles. The van der Waals surface area contributed by atoms with E-state index in [0.717, 1.165) is 29.9 Å². The molecule has 3 amide bonds. The quantitative estimate of drug-likeness (QED) is 0.509. The Bertz CT molecular complexity index is 1420. The van der Waals surface area contributed by atoms with E-state index in [1.165, 1.54) is 0 Å². The van der Waals surface area contributed by atoms with Gasteiger partial charge in [-0.3, -0.25) is 9.59 Å². The zero-order valence-corrected chi connectivity index (χ0v) is 24.6. The van der Waals surface area contributed by atoms with Gasteiger partial charge < -0.3 is 25.0 Å². The van der Waals surface area contributed by atoms with E-state index in [-0.39, 0.29) is 18.2 Å². The van der Waals surface area contributed by atoms with E-state index >= 15 is 4.39 Å². The highest BCUT2D eigenvalue weighted by Crippen LogP contribution is 2.34. The molecule has 2 heterocycles. The third kappa shape index (κ3) is 7.75. The van der Waals surface area contributed by atoms with E-state index < -0.39 is 61.4 Å². The second-order valence-corrected chi connectivity index (χ2v) is 13.5. The van der Waals surface area contributed by atoms with Crippen molar-refractivity contribution in [2.24, 2.45) is 5.92 Å². The summed E-state index contributed by atoms with van der Waals surface area (Å²) < 4.78 is 52.8. The number of carbonyl (C=O) groups excluding carboxylic acids is 3. The summed E-state index contributed by atoms with van der Waals surface area (Å²) in [5.41, 5.74) is -0.896. The van der Waals surface area contributed by atoms with Crippen LogP contribution in [-0.4, -0.2) is 63.5 Å². The fraction of sp³-hybridized carbons (Fsp3) is 0.464. The number of anilines is 1. The smallest absolute Gasteiger partial charge is 0.408 e. The van der Waals surface area contributed by atoms with Gasteiger partial charge in [0, 0.05) is 24.8 Å². The Kier molecular flexibility index (Phi) is 9.25. The summed E-state index contributed by atoms with van der Waals surface area (Å²) in [5, 5.41) is 5.52. The average Bonchev–Trinajstić information content (AvgIpc) is 2.96. The summed E-state index contributed by atoms with van der Waals surface area (Å²) in [6, 6.07) is 6.80. The van der Waals surface area contributed by atoms with Crippen molar-refractivity contribution in [2.45, 2.75) is 56.7 Å².